The molecule has 1 unspecified atom stereocenters. The lowest BCUT2D eigenvalue weighted by Crippen LogP contribution is -2.22. The summed E-state index contributed by atoms with van der Waals surface area (Å²) in [5.74, 6) is -0.321. The van der Waals surface area contributed by atoms with Gasteiger partial charge in [-0.3, -0.25) is 4.79 Å². The van der Waals surface area contributed by atoms with E-state index in [2.05, 4.69) is 19.9 Å². The van der Waals surface area contributed by atoms with Crippen LogP contribution in [0.3, 0.4) is 0 Å². The van der Waals surface area contributed by atoms with Crippen LogP contribution >= 0.6 is 0 Å². The topological polar surface area (TPSA) is 45.8 Å². The van der Waals surface area contributed by atoms with Crippen LogP contribution in [0.5, 0.6) is 0 Å². The number of fused-ring (bicyclic) bond motifs is 1. The summed E-state index contributed by atoms with van der Waals surface area (Å²) >= 11 is 0. The number of carbonyl (C=O) groups is 1. The molecule has 1 aliphatic rings. The molecule has 0 spiro atoms. The first kappa shape index (κ1) is 14.5. The molecule has 0 N–H and O–H groups in total. The van der Waals surface area contributed by atoms with Crippen molar-refractivity contribution < 1.29 is 9.18 Å². The summed E-state index contributed by atoms with van der Waals surface area (Å²) in [5, 5.41) is 9.59. The van der Waals surface area contributed by atoms with Gasteiger partial charge >= 0.3 is 0 Å². The summed E-state index contributed by atoms with van der Waals surface area (Å²) in [6.45, 7) is 6.01. The van der Waals surface area contributed by atoms with Gasteiger partial charge in [0, 0.05) is 11.9 Å². The Labute approximate surface area is 129 Å². The standard InChI is InChI=1S/C18H17FN2O/c1-17(2)10-18(3,11-20)14-8-21(15(9-22)16(14)17)13-6-4-12(19)5-7-13/h4-9H,10H2,1-3H3. The second-order valence-corrected chi connectivity index (χ2v) is 6.77. The van der Waals surface area contributed by atoms with Crippen LogP contribution in [0.25, 0.3) is 5.69 Å². The molecule has 1 atom stereocenters. The molecule has 4 heteroatoms. The average molecular weight is 296 g/mol. The molecular weight excluding hydrogens is 279 g/mol. The molecule has 1 aromatic heterocycles. The van der Waals surface area contributed by atoms with Crippen LogP contribution in [0.4, 0.5) is 4.39 Å². The molecular formula is C18H17FN2O. The van der Waals surface area contributed by atoms with E-state index in [1.807, 2.05) is 13.1 Å². The fourth-order valence-corrected chi connectivity index (χ4v) is 3.75. The third-order valence-electron chi connectivity index (χ3n) is 4.57. The lowest BCUT2D eigenvalue weighted by atomic mass is 9.81. The zero-order valence-electron chi connectivity index (χ0n) is 12.9. The van der Waals surface area contributed by atoms with Gasteiger partial charge in [-0.15, -0.1) is 0 Å². The third kappa shape index (κ3) is 1.89. The molecule has 0 aliphatic heterocycles. The molecule has 0 bridgehead atoms. The molecule has 22 heavy (non-hydrogen) atoms. The maximum atomic E-state index is 13.1. The van der Waals surface area contributed by atoms with Crippen molar-refractivity contribution in [3.8, 4) is 11.8 Å². The lowest BCUT2D eigenvalue weighted by Gasteiger charge is -2.23. The monoisotopic (exact) mass is 296 g/mol. The van der Waals surface area contributed by atoms with E-state index in [0.717, 1.165) is 17.4 Å². The number of carbonyl (C=O) groups excluding carboxylic acids is 1. The van der Waals surface area contributed by atoms with Crippen LogP contribution in [-0.2, 0) is 10.8 Å². The van der Waals surface area contributed by atoms with Gasteiger partial charge in [0.1, 0.15) is 5.82 Å². The molecule has 2 aromatic rings. The Morgan fingerprint density at radius 1 is 1.27 bits per heavy atom. The van der Waals surface area contributed by atoms with Gasteiger partial charge in [0.2, 0.25) is 0 Å². The van der Waals surface area contributed by atoms with Gasteiger partial charge in [-0.2, -0.15) is 5.26 Å². The predicted octanol–water partition coefficient (Wildman–Crippen LogP) is 3.89. The molecule has 0 saturated heterocycles. The second kappa shape index (κ2) is 4.54. The van der Waals surface area contributed by atoms with Crippen molar-refractivity contribution in [2.24, 2.45) is 0 Å². The van der Waals surface area contributed by atoms with E-state index in [1.165, 1.54) is 12.1 Å². The lowest BCUT2D eigenvalue weighted by molar-refractivity contribution is 0.111. The number of nitrogens with zero attached hydrogens (tertiary/aromatic N) is 2. The van der Waals surface area contributed by atoms with Crippen molar-refractivity contribution in [1.82, 2.24) is 4.57 Å². The molecule has 0 radical (unpaired) electrons. The number of hydrogen-bond donors (Lipinski definition) is 0. The Morgan fingerprint density at radius 2 is 1.91 bits per heavy atom. The minimum Gasteiger partial charge on any atom is -0.314 e. The maximum absolute atomic E-state index is 13.1. The third-order valence-corrected chi connectivity index (χ3v) is 4.57. The molecule has 1 aliphatic carbocycles. The highest BCUT2D eigenvalue weighted by molar-refractivity contribution is 5.80. The Bertz CT molecular complexity index is 796. The highest BCUT2D eigenvalue weighted by Gasteiger charge is 2.48. The fraction of sp³-hybridized carbons (Fsp3) is 0.333. The molecule has 112 valence electrons. The number of halogens is 1. The maximum Gasteiger partial charge on any atom is 0.167 e. The SMILES string of the molecule is CC1(C)CC(C)(C#N)c2cn(-c3ccc(F)cc3)c(C=O)c21. The van der Waals surface area contributed by atoms with Gasteiger partial charge in [0.25, 0.3) is 0 Å². The van der Waals surface area contributed by atoms with Crippen molar-refractivity contribution in [3.05, 3.63) is 53.1 Å². The van der Waals surface area contributed by atoms with Crippen molar-refractivity contribution in [3.63, 3.8) is 0 Å². The second-order valence-electron chi connectivity index (χ2n) is 6.77. The van der Waals surface area contributed by atoms with E-state index in [9.17, 15) is 14.4 Å². The summed E-state index contributed by atoms with van der Waals surface area (Å²) in [4.78, 5) is 11.7. The zero-order chi connectivity index (χ0) is 16.1. The van der Waals surface area contributed by atoms with Crippen molar-refractivity contribution in [2.45, 2.75) is 38.0 Å². The molecule has 3 nitrogen and oxygen atoms in total. The van der Waals surface area contributed by atoms with Crippen LogP contribution in [-0.4, -0.2) is 10.9 Å². The molecule has 0 saturated carbocycles. The van der Waals surface area contributed by atoms with Crippen molar-refractivity contribution >= 4 is 6.29 Å². The van der Waals surface area contributed by atoms with Gasteiger partial charge < -0.3 is 4.57 Å². The number of rotatable bonds is 2. The summed E-state index contributed by atoms with van der Waals surface area (Å²) in [5.41, 5.74) is 2.23. The Kier molecular flexibility index (Phi) is 3.00. The van der Waals surface area contributed by atoms with Crippen LogP contribution in [0, 0.1) is 17.1 Å². The summed E-state index contributed by atoms with van der Waals surface area (Å²) < 4.78 is 14.9. The van der Waals surface area contributed by atoms with E-state index in [4.69, 9.17) is 0 Å². The molecule has 3 rings (SSSR count). The molecule has 0 amide bonds. The van der Waals surface area contributed by atoms with Crippen molar-refractivity contribution in [2.75, 3.05) is 0 Å². The van der Waals surface area contributed by atoms with E-state index >= 15 is 0 Å². The van der Waals surface area contributed by atoms with Crippen LogP contribution in [0.1, 0.15) is 48.8 Å². The molecule has 0 fully saturated rings. The Morgan fingerprint density at radius 3 is 2.45 bits per heavy atom. The summed E-state index contributed by atoms with van der Waals surface area (Å²) in [6.07, 6.45) is 3.36. The predicted molar refractivity (Wildman–Crippen MR) is 81.7 cm³/mol. The van der Waals surface area contributed by atoms with Crippen LogP contribution < -0.4 is 0 Å². The number of benzene rings is 1. The Balaban J connectivity index is 2.29. The molecule has 1 heterocycles. The summed E-state index contributed by atoms with van der Waals surface area (Å²) in [6, 6.07) is 8.38. The zero-order valence-corrected chi connectivity index (χ0v) is 12.9. The van der Waals surface area contributed by atoms with E-state index in [1.54, 1.807) is 16.7 Å². The van der Waals surface area contributed by atoms with Gasteiger partial charge in [-0.25, -0.2) is 4.39 Å². The van der Waals surface area contributed by atoms with Gasteiger partial charge in [0.15, 0.2) is 6.29 Å². The average Bonchev–Trinajstić information content (AvgIpc) is 2.96. The van der Waals surface area contributed by atoms with E-state index in [0.29, 0.717) is 17.8 Å². The van der Waals surface area contributed by atoms with Gasteiger partial charge in [0.05, 0.1) is 17.2 Å². The van der Waals surface area contributed by atoms with E-state index in [-0.39, 0.29) is 11.2 Å². The molecule has 1 aromatic carbocycles. The Hall–Kier alpha value is -2.41. The highest BCUT2D eigenvalue weighted by Crippen LogP contribution is 2.51. The van der Waals surface area contributed by atoms with Crippen molar-refractivity contribution in [1.29, 1.82) is 5.26 Å². The first-order valence-corrected chi connectivity index (χ1v) is 7.21. The normalized spacial score (nSPS) is 22.1. The first-order chi connectivity index (χ1) is 10.3. The van der Waals surface area contributed by atoms with Crippen LogP contribution in [0.2, 0.25) is 0 Å². The quantitative estimate of drug-likeness (QED) is 0.789. The number of hydrogen-bond acceptors (Lipinski definition) is 2. The smallest absolute Gasteiger partial charge is 0.167 e. The summed E-state index contributed by atoms with van der Waals surface area (Å²) in [7, 11) is 0. The number of aldehydes is 1. The van der Waals surface area contributed by atoms with E-state index < -0.39 is 5.41 Å². The minimum atomic E-state index is -0.609. The highest BCUT2D eigenvalue weighted by atomic mass is 19.1. The van der Waals surface area contributed by atoms with Crippen LogP contribution in [0.15, 0.2) is 30.5 Å². The fourth-order valence-electron chi connectivity index (χ4n) is 3.75. The largest absolute Gasteiger partial charge is 0.314 e. The van der Waals surface area contributed by atoms with Gasteiger partial charge in [-0.1, -0.05) is 13.8 Å². The van der Waals surface area contributed by atoms with Gasteiger partial charge in [-0.05, 0) is 54.2 Å². The first-order valence-electron chi connectivity index (χ1n) is 7.21. The number of nitriles is 1. The minimum absolute atomic E-state index is 0.249. The number of aromatic nitrogens is 1.